The van der Waals surface area contributed by atoms with Crippen LogP contribution in [-0.2, 0) is 12.8 Å². The van der Waals surface area contributed by atoms with E-state index in [0.717, 1.165) is 18.6 Å². The minimum absolute atomic E-state index is 0.0196. The highest BCUT2D eigenvalue weighted by atomic mass is 16.5. The molecule has 0 spiro atoms. The van der Waals surface area contributed by atoms with E-state index >= 15 is 0 Å². The maximum Gasteiger partial charge on any atom is 0.263 e. The summed E-state index contributed by atoms with van der Waals surface area (Å²) in [4.78, 5) is 16.3. The van der Waals surface area contributed by atoms with Gasteiger partial charge in [-0.3, -0.25) is 4.79 Å². The van der Waals surface area contributed by atoms with E-state index in [0.29, 0.717) is 12.2 Å². The van der Waals surface area contributed by atoms with Crippen molar-refractivity contribution in [2.75, 3.05) is 0 Å². The smallest absolute Gasteiger partial charge is 0.263 e. The highest BCUT2D eigenvalue weighted by Gasteiger charge is 2.28. The van der Waals surface area contributed by atoms with Crippen molar-refractivity contribution in [3.8, 4) is 5.75 Å². The molecule has 4 heteroatoms. The van der Waals surface area contributed by atoms with Gasteiger partial charge in [0.1, 0.15) is 17.8 Å². The van der Waals surface area contributed by atoms with Crippen molar-refractivity contribution in [3.05, 3.63) is 84.8 Å². The Balaban J connectivity index is 1.74. The molecule has 24 heavy (non-hydrogen) atoms. The van der Waals surface area contributed by atoms with Crippen LogP contribution >= 0.6 is 0 Å². The Hall–Kier alpha value is -2.88. The zero-order valence-corrected chi connectivity index (χ0v) is 13.4. The van der Waals surface area contributed by atoms with Crippen LogP contribution in [0.4, 0.5) is 0 Å². The molecule has 0 aliphatic heterocycles. The number of carbonyl (C=O) groups excluding carboxylic acids is 1. The van der Waals surface area contributed by atoms with Crippen LogP contribution in [0.5, 0.6) is 5.75 Å². The lowest BCUT2D eigenvalue weighted by molar-refractivity contribution is 0.0873. The molecule has 0 radical (unpaired) electrons. The highest BCUT2D eigenvalue weighted by molar-refractivity contribution is 5.94. The molecule has 1 aromatic heterocycles. The molecule has 1 aliphatic carbocycles. The van der Waals surface area contributed by atoms with Gasteiger partial charge in [-0.2, -0.15) is 0 Å². The van der Waals surface area contributed by atoms with Crippen LogP contribution in [0.25, 0.3) is 0 Å². The van der Waals surface area contributed by atoms with E-state index in [9.17, 15) is 4.79 Å². The molecule has 2 aromatic rings. The number of hydrogen-bond acceptors (Lipinski definition) is 4. The van der Waals surface area contributed by atoms with E-state index in [1.807, 2.05) is 18.2 Å². The van der Waals surface area contributed by atoms with E-state index in [4.69, 9.17) is 9.15 Å². The largest absolute Gasteiger partial charge is 0.457 e. The zero-order chi connectivity index (χ0) is 16.9. The number of ether oxygens (including phenoxy) is 1. The predicted octanol–water partition coefficient (Wildman–Crippen LogP) is 4.30. The first kappa shape index (κ1) is 16.0. The van der Waals surface area contributed by atoms with E-state index in [1.165, 1.54) is 23.6 Å². The van der Waals surface area contributed by atoms with Crippen LogP contribution in [-0.4, -0.2) is 10.8 Å². The van der Waals surface area contributed by atoms with Gasteiger partial charge in [0.15, 0.2) is 0 Å². The molecule has 4 nitrogen and oxygen atoms in total. The Bertz CT molecular complexity index is 787. The summed E-state index contributed by atoms with van der Waals surface area (Å²) >= 11 is 0. The number of carbonyl (C=O) groups is 1. The molecule has 122 valence electrons. The fourth-order valence-electron chi connectivity index (χ4n) is 2.93. The molecule has 0 saturated heterocycles. The van der Waals surface area contributed by atoms with Gasteiger partial charge in [-0.05, 0) is 54.7 Å². The van der Waals surface area contributed by atoms with Crippen molar-refractivity contribution in [1.82, 2.24) is 4.98 Å². The van der Waals surface area contributed by atoms with Crippen molar-refractivity contribution in [2.45, 2.75) is 19.3 Å². The Morgan fingerprint density at radius 2 is 2.21 bits per heavy atom. The second-order valence-corrected chi connectivity index (χ2v) is 5.68. The Morgan fingerprint density at radius 3 is 2.92 bits per heavy atom. The number of aromatic nitrogens is 1. The van der Waals surface area contributed by atoms with E-state index < -0.39 is 0 Å². The number of rotatable bonds is 6. The lowest BCUT2D eigenvalue weighted by atomic mass is 9.81. The average Bonchev–Trinajstić information content (AvgIpc) is 3.15. The fourth-order valence-corrected chi connectivity index (χ4v) is 2.93. The number of aryl methyl sites for hydroxylation is 1. The van der Waals surface area contributed by atoms with Crippen molar-refractivity contribution in [3.63, 3.8) is 0 Å². The van der Waals surface area contributed by atoms with Crippen LogP contribution in [0.15, 0.2) is 72.2 Å². The summed E-state index contributed by atoms with van der Waals surface area (Å²) in [6, 6.07) is 5.97. The Kier molecular flexibility index (Phi) is 4.75. The van der Waals surface area contributed by atoms with Gasteiger partial charge < -0.3 is 9.15 Å². The third kappa shape index (κ3) is 3.38. The van der Waals surface area contributed by atoms with Gasteiger partial charge in [-0.1, -0.05) is 25.3 Å². The number of hydrogen-bond donors (Lipinski definition) is 0. The van der Waals surface area contributed by atoms with E-state index in [-0.39, 0.29) is 17.6 Å². The Morgan fingerprint density at radius 1 is 1.33 bits per heavy atom. The summed E-state index contributed by atoms with van der Waals surface area (Å²) in [5.41, 5.74) is 2.39. The minimum atomic E-state index is -0.0766. The third-order valence-corrected chi connectivity index (χ3v) is 4.14. The normalized spacial score (nSPS) is 17.0. The SMILES string of the molecule is C=C/C=C(\C=C)Oc1ccc2c(c1)CCC(C(=O)c1ncco1)C2. The van der Waals surface area contributed by atoms with E-state index in [2.05, 4.69) is 18.1 Å². The summed E-state index contributed by atoms with van der Waals surface area (Å²) in [5.74, 6) is 1.52. The molecule has 1 unspecified atom stereocenters. The van der Waals surface area contributed by atoms with Crippen LogP contribution < -0.4 is 4.74 Å². The standard InChI is InChI=1S/C20H19NO3/c1-3-5-17(4-2)24-18-9-8-14-12-16(7-6-15(14)13-18)19(22)20-21-10-11-23-20/h3-5,8-11,13,16H,1-2,6-7,12H2/b17-5+. The van der Waals surface area contributed by atoms with Crippen LogP contribution in [0.3, 0.4) is 0 Å². The van der Waals surface area contributed by atoms with Gasteiger partial charge in [-0.25, -0.2) is 4.98 Å². The fraction of sp³-hybridized carbons (Fsp3) is 0.200. The maximum atomic E-state index is 12.4. The number of benzene rings is 1. The topological polar surface area (TPSA) is 52.3 Å². The molecule has 0 amide bonds. The lowest BCUT2D eigenvalue weighted by Crippen LogP contribution is -2.23. The maximum absolute atomic E-state index is 12.4. The first-order valence-corrected chi connectivity index (χ1v) is 7.89. The third-order valence-electron chi connectivity index (χ3n) is 4.14. The summed E-state index contributed by atoms with van der Waals surface area (Å²) < 4.78 is 10.9. The first-order chi connectivity index (χ1) is 11.7. The van der Waals surface area contributed by atoms with Crippen molar-refractivity contribution in [2.24, 2.45) is 5.92 Å². The molecular formula is C20H19NO3. The van der Waals surface area contributed by atoms with E-state index in [1.54, 1.807) is 18.2 Å². The van der Waals surface area contributed by atoms with Gasteiger partial charge in [0.05, 0.1) is 6.20 Å². The molecule has 1 aromatic carbocycles. The van der Waals surface area contributed by atoms with Crippen LogP contribution in [0.1, 0.15) is 28.2 Å². The average molecular weight is 321 g/mol. The Labute approximate surface area is 141 Å². The molecule has 0 fully saturated rings. The number of Topliss-reactive ketones (excluding diaryl/α,β-unsaturated/α-hetero) is 1. The van der Waals surface area contributed by atoms with Gasteiger partial charge in [0, 0.05) is 5.92 Å². The van der Waals surface area contributed by atoms with Gasteiger partial charge in [0.2, 0.25) is 5.78 Å². The monoisotopic (exact) mass is 321 g/mol. The molecule has 1 heterocycles. The summed E-state index contributed by atoms with van der Waals surface area (Å²) in [6.45, 7) is 7.38. The van der Waals surface area contributed by atoms with Gasteiger partial charge in [0.25, 0.3) is 5.89 Å². The lowest BCUT2D eigenvalue weighted by Gasteiger charge is -2.23. The highest BCUT2D eigenvalue weighted by Crippen LogP contribution is 2.30. The summed E-state index contributed by atoms with van der Waals surface area (Å²) in [7, 11) is 0. The molecular weight excluding hydrogens is 302 g/mol. The minimum Gasteiger partial charge on any atom is -0.457 e. The number of nitrogens with zero attached hydrogens (tertiary/aromatic N) is 1. The predicted molar refractivity (Wildman–Crippen MR) is 91.9 cm³/mol. The molecule has 0 saturated carbocycles. The molecule has 1 aliphatic rings. The van der Waals surface area contributed by atoms with Gasteiger partial charge in [-0.15, -0.1) is 0 Å². The quantitative estimate of drug-likeness (QED) is 0.452. The van der Waals surface area contributed by atoms with Crippen molar-refractivity contribution in [1.29, 1.82) is 0 Å². The number of oxazole rings is 1. The zero-order valence-electron chi connectivity index (χ0n) is 13.4. The molecule has 3 rings (SSSR count). The molecule has 0 bridgehead atoms. The first-order valence-electron chi connectivity index (χ1n) is 7.89. The molecule has 1 atom stereocenters. The van der Waals surface area contributed by atoms with Gasteiger partial charge >= 0.3 is 0 Å². The van der Waals surface area contributed by atoms with Crippen molar-refractivity contribution >= 4 is 5.78 Å². The second kappa shape index (κ2) is 7.13. The van der Waals surface area contributed by atoms with Crippen LogP contribution in [0.2, 0.25) is 0 Å². The number of allylic oxidation sites excluding steroid dienone is 3. The van der Waals surface area contributed by atoms with Crippen LogP contribution in [0, 0.1) is 5.92 Å². The second-order valence-electron chi connectivity index (χ2n) is 5.68. The number of ketones is 1. The van der Waals surface area contributed by atoms with Crippen molar-refractivity contribution < 1.29 is 13.9 Å². The molecule has 0 N–H and O–H groups in total. The number of fused-ring (bicyclic) bond motifs is 1. The summed E-state index contributed by atoms with van der Waals surface area (Å²) in [5, 5.41) is 0. The summed E-state index contributed by atoms with van der Waals surface area (Å²) in [6.07, 6.45) is 10.3.